The molecule has 1 aromatic heterocycles. The second-order valence-electron chi connectivity index (χ2n) is 2.82. The van der Waals surface area contributed by atoms with Gasteiger partial charge in [0, 0.05) is 11.6 Å². The summed E-state index contributed by atoms with van der Waals surface area (Å²) in [5.41, 5.74) is 0.793. The summed E-state index contributed by atoms with van der Waals surface area (Å²) >= 11 is 0. The van der Waals surface area contributed by atoms with Gasteiger partial charge in [-0.2, -0.15) is 5.26 Å². The van der Waals surface area contributed by atoms with E-state index in [2.05, 4.69) is 11.1 Å². The van der Waals surface area contributed by atoms with Crippen molar-refractivity contribution in [2.75, 3.05) is 14.2 Å². The maximum atomic E-state index is 8.80. The Morgan fingerprint density at radius 1 is 1.43 bits per heavy atom. The van der Waals surface area contributed by atoms with Crippen LogP contribution in [0.1, 0.15) is 18.4 Å². The summed E-state index contributed by atoms with van der Waals surface area (Å²) in [4.78, 5) is 3.99. The molecule has 0 amide bonds. The van der Waals surface area contributed by atoms with Gasteiger partial charge in [0.1, 0.15) is 5.75 Å². The van der Waals surface area contributed by atoms with Gasteiger partial charge >= 0.3 is 0 Å². The third kappa shape index (κ3) is 1.94. The highest BCUT2D eigenvalue weighted by molar-refractivity contribution is 5.39. The second-order valence-corrected chi connectivity index (χ2v) is 2.82. The Morgan fingerprint density at radius 3 is 2.64 bits per heavy atom. The van der Waals surface area contributed by atoms with Crippen LogP contribution in [0.2, 0.25) is 0 Å². The summed E-state index contributed by atoms with van der Waals surface area (Å²) in [7, 11) is 3.09. The highest BCUT2D eigenvalue weighted by Gasteiger charge is 2.12. The number of pyridine rings is 1. The van der Waals surface area contributed by atoms with Gasteiger partial charge in [0.2, 0.25) is 5.88 Å². The first-order valence-electron chi connectivity index (χ1n) is 4.20. The zero-order valence-electron chi connectivity index (χ0n) is 8.44. The lowest BCUT2D eigenvalue weighted by Crippen LogP contribution is -1.98. The molecule has 1 atom stereocenters. The Balaban J connectivity index is 3.16. The van der Waals surface area contributed by atoms with E-state index < -0.39 is 0 Å². The van der Waals surface area contributed by atoms with Gasteiger partial charge in [-0.25, -0.2) is 4.98 Å². The molecule has 0 aliphatic carbocycles. The summed E-state index contributed by atoms with van der Waals surface area (Å²) in [5.74, 6) is 0.865. The van der Waals surface area contributed by atoms with E-state index >= 15 is 0 Å². The lowest BCUT2D eigenvalue weighted by Gasteiger charge is -2.10. The van der Waals surface area contributed by atoms with Crippen molar-refractivity contribution in [2.45, 2.75) is 12.8 Å². The summed E-state index contributed by atoms with van der Waals surface area (Å²) < 4.78 is 10.1. The van der Waals surface area contributed by atoms with Crippen LogP contribution in [-0.2, 0) is 0 Å². The van der Waals surface area contributed by atoms with Crippen LogP contribution < -0.4 is 9.47 Å². The van der Waals surface area contributed by atoms with Crippen molar-refractivity contribution < 1.29 is 9.47 Å². The van der Waals surface area contributed by atoms with E-state index in [1.807, 2.05) is 0 Å². The molecule has 1 unspecified atom stereocenters. The Kier molecular flexibility index (Phi) is 3.29. The normalized spacial score (nSPS) is 11.6. The fourth-order valence-electron chi connectivity index (χ4n) is 1.13. The van der Waals surface area contributed by atoms with Crippen LogP contribution in [0, 0.1) is 11.3 Å². The fraction of sp³-hybridized carbons (Fsp3) is 0.400. The van der Waals surface area contributed by atoms with Crippen molar-refractivity contribution in [3.05, 3.63) is 17.8 Å². The molecule has 0 spiro atoms. The van der Waals surface area contributed by atoms with Crippen molar-refractivity contribution in [1.82, 2.24) is 4.98 Å². The summed E-state index contributed by atoms with van der Waals surface area (Å²) in [5, 5.41) is 8.80. The van der Waals surface area contributed by atoms with Crippen LogP contribution >= 0.6 is 0 Å². The Labute approximate surface area is 83.1 Å². The molecule has 1 rings (SSSR count). The van der Waals surface area contributed by atoms with Crippen LogP contribution in [0.5, 0.6) is 11.6 Å². The average Bonchev–Trinajstić information content (AvgIpc) is 2.27. The van der Waals surface area contributed by atoms with Gasteiger partial charge in [-0.15, -0.1) is 0 Å². The average molecular weight is 192 g/mol. The third-order valence-corrected chi connectivity index (χ3v) is 1.96. The molecule has 0 radical (unpaired) electrons. The van der Waals surface area contributed by atoms with Gasteiger partial charge in [0.25, 0.3) is 0 Å². The number of methoxy groups -OCH3 is 2. The molecule has 4 nitrogen and oxygen atoms in total. The maximum absolute atomic E-state index is 8.80. The van der Waals surface area contributed by atoms with Gasteiger partial charge in [0.05, 0.1) is 32.4 Å². The van der Waals surface area contributed by atoms with Crippen LogP contribution in [0.25, 0.3) is 0 Å². The van der Waals surface area contributed by atoms with E-state index in [9.17, 15) is 0 Å². The monoisotopic (exact) mass is 192 g/mol. The molecule has 0 aliphatic heterocycles. The minimum Gasteiger partial charge on any atom is -0.495 e. The molecule has 14 heavy (non-hydrogen) atoms. The highest BCUT2D eigenvalue weighted by Crippen LogP contribution is 2.27. The quantitative estimate of drug-likeness (QED) is 0.731. The molecule has 0 fully saturated rings. The van der Waals surface area contributed by atoms with Gasteiger partial charge in [-0.05, 0) is 6.92 Å². The SMILES string of the molecule is COc1cc(C(C)C#N)c(OC)cn1. The molecule has 0 saturated heterocycles. The topological polar surface area (TPSA) is 55.1 Å². The summed E-state index contributed by atoms with van der Waals surface area (Å²) in [6, 6.07) is 3.86. The van der Waals surface area contributed by atoms with E-state index in [1.54, 1.807) is 26.3 Å². The molecule has 0 aliphatic rings. The predicted octanol–water partition coefficient (Wildman–Crippen LogP) is 1.73. The van der Waals surface area contributed by atoms with Crippen LogP contribution in [0.4, 0.5) is 0 Å². The molecule has 0 N–H and O–H groups in total. The Morgan fingerprint density at radius 2 is 2.14 bits per heavy atom. The zero-order chi connectivity index (χ0) is 10.6. The Bertz CT molecular complexity index is 358. The minimum atomic E-state index is -0.234. The number of ether oxygens (including phenoxy) is 2. The van der Waals surface area contributed by atoms with E-state index in [0.717, 1.165) is 5.56 Å². The van der Waals surface area contributed by atoms with Gasteiger partial charge < -0.3 is 9.47 Å². The molecule has 1 heterocycles. The molecule has 0 aromatic carbocycles. The molecular weight excluding hydrogens is 180 g/mol. The molecule has 74 valence electrons. The highest BCUT2D eigenvalue weighted by atomic mass is 16.5. The maximum Gasteiger partial charge on any atom is 0.213 e. The molecule has 0 bridgehead atoms. The van der Waals surface area contributed by atoms with E-state index in [1.165, 1.54) is 7.11 Å². The first-order valence-corrected chi connectivity index (χ1v) is 4.20. The van der Waals surface area contributed by atoms with Gasteiger partial charge in [-0.1, -0.05) is 0 Å². The van der Waals surface area contributed by atoms with E-state index in [-0.39, 0.29) is 5.92 Å². The van der Waals surface area contributed by atoms with Crippen molar-refractivity contribution in [1.29, 1.82) is 5.26 Å². The number of nitriles is 1. The standard InChI is InChI=1S/C10H12N2O2/c1-7(5-11)8-4-10(14-3)12-6-9(8)13-2/h4,6-7H,1-3H3. The number of aromatic nitrogens is 1. The van der Waals surface area contributed by atoms with Gasteiger partial charge in [-0.3, -0.25) is 0 Å². The lowest BCUT2D eigenvalue weighted by atomic mass is 10.0. The third-order valence-electron chi connectivity index (χ3n) is 1.96. The molecular formula is C10H12N2O2. The minimum absolute atomic E-state index is 0.234. The number of hydrogen-bond acceptors (Lipinski definition) is 4. The molecule has 1 aromatic rings. The van der Waals surface area contributed by atoms with Crippen LogP contribution in [-0.4, -0.2) is 19.2 Å². The van der Waals surface area contributed by atoms with Crippen LogP contribution in [0.3, 0.4) is 0 Å². The lowest BCUT2D eigenvalue weighted by molar-refractivity contribution is 0.383. The summed E-state index contributed by atoms with van der Waals surface area (Å²) in [6.45, 7) is 1.80. The zero-order valence-corrected chi connectivity index (χ0v) is 8.44. The predicted molar refractivity (Wildman–Crippen MR) is 51.4 cm³/mol. The van der Waals surface area contributed by atoms with E-state index in [0.29, 0.717) is 11.6 Å². The summed E-state index contributed by atoms with van der Waals surface area (Å²) in [6.07, 6.45) is 1.56. The van der Waals surface area contributed by atoms with Crippen molar-refractivity contribution in [3.8, 4) is 17.7 Å². The largest absolute Gasteiger partial charge is 0.495 e. The molecule has 0 saturated carbocycles. The number of hydrogen-bond donors (Lipinski definition) is 0. The Hall–Kier alpha value is -1.76. The number of rotatable bonds is 3. The molecule has 4 heteroatoms. The first-order chi connectivity index (χ1) is 6.72. The second kappa shape index (κ2) is 4.47. The van der Waals surface area contributed by atoms with E-state index in [4.69, 9.17) is 14.7 Å². The fourth-order valence-corrected chi connectivity index (χ4v) is 1.13. The van der Waals surface area contributed by atoms with Crippen molar-refractivity contribution in [3.63, 3.8) is 0 Å². The first kappa shape index (κ1) is 10.3. The van der Waals surface area contributed by atoms with Crippen LogP contribution in [0.15, 0.2) is 12.3 Å². The van der Waals surface area contributed by atoms with Crippen molar-refractivity contribution >= 4 is 0 Å². The smallest absolute Gasteiger partial charge is 0.213 e. The number of nitrogens with zero attached hydrogens (tertiary/aromatic N) is 2. The van der Waals surface area contributed by atoms with Crippen molar-refractivity contribution in [2.24, 2.45) is 0 Å². The van der Waals surface area contributed by atoms with Gasteiger partial charge in [0.15, 0.2) is 0 Å².